The number of carbonyl (C=O) groups is 1. The lowest BCUT2D eigenvalue weighted by molar-refractivity contribution is 0.102. The third kappa shape index (κ3) is 3.05. The summed E-state index contributed by atoms with van der Waals surface area (Å²) in [5, 5.41) is 3.08. The molecule has 6 heteroatoms. The van der Waals surface area contributed by atoms with Gasteiger partial charge < -0.3 is 10.1 Å². The van der Waals surface area contributed by atoms with E-state index >= 15 is 0 Å². The van der Waals surface area contributed by atoms with Crippen LogP contribution < -0.4 is 10.1 Å². The highest BCUT2D eigenvalue weighted by molar-refractivity contribution is 9.10. The van der Waals surface area contributed by atoms with Gasteiger partial charge in [-0.25, -0.2) is 4.98 Å². The van der Waals surface area contributed by atoms with Crippen LogP contribution in [0.15, 0.2) is 41.0 Å². The molecule has 2 rings (SSSR count). The maximum atomic E-state index is 12.2. The molecule has 0 spiro atoms. The van der Waals surface area contributed by atoms with Crippen molar-refractivity contribution < 1.29 is 9.53 Å². The highest BCUT2D eigenvalue weighted by Gasteiger charge is 2.14. The summed E-state index contributed by atoms with van der Waals surface area (Å²) in [6, 6.07) is 8.57. The van der Waals surface area contributed by atoms with Crippen LogP contribution in [-0.2, 0) is 0 Å². The van der Waals surface area contributed by atoms with Crippen LogP contribution in [-0.4, -0.2) is 18.0 Å². The third-order valence-electron chi connectivity index (χ3n) is 2.41. The van der Waals surface area contributed by atoms with E-state index in [0.717, 1.165) is 0 Å². The topological polar surface area (TPSA) is 51.2 Å². The van der Waals surface area contributed by atoms with E-state index in [0.29, 0.717) is 26.6 Å². The van der Waals surface area contributed by atoms with Gasteiger partial charge in [0.05, 0.1) is 17.7 Å². The fourth-order valence-electron chi connectivity index (χ4n) is 1.52. The number of anilines is 1. The van der Waals surface area contributed by atoms with Crippen LogP contribution in [0.3, 0.4) is 0 Å². The molecule has 4 nitrogen and oxygen atoms in total. The van der Waals surface area contributed by atoms with Crippen molar-refractivity contribution in [2.75, 3.05) is 12.4 Å². The van der Waals surface area contributed by atoms with Gasteiger partial charge in [-0.15, -0.1) is 0 Å². The van der Waals surface area contributed by atoms with Crippen LogP contribution in [0.1, 0.15) is 10.4 Å². The molecular weight excluding hydrogens is 332 g/mol. The van der Waals surface area contributed by atoms with Gasteiger partial charge >= 0.3 is 0 Å². The maximum absolute atomic E-state index is 12.2. The number of ether oxygens (including phenoxy) is 1. The Morgan fingerprint density at radius 2 is 2.16 bits per heavy atom. The Kier molecular flexibility index (Phi) is 4.39. The Balaban J connectivity index is 2.28. The number of amides is 1. The molecule has 0 saturated heterocycles. The first-order chi connectivity index (χ1) is 9.13. The number of nitrogens with one attached hydrogen (secondary N) is 1. The number of halogens is 2. The number of hydrogen-bond donors (Lipinski definition) is 1. The smallest absolute Gasteiger partial charge is 0.257 e. The van der Waals surface area contributed by atoms with E-state index < -0.39 is 0 Å². The largest absolute Gasteiger partial charge is 0.480 e. The monoisotopic (exact) mass is 340 g/mol. The first-order valence-electron chi connectivity index (χ1n) is 5.38. The van der Waals surface area contributed by atoms with Gasteiger partial charge in [-0.2, -0.15) is 0 Å². The molecule has 0 aliphatic rings. The second kappa shape index (κ2) is 6.04. The third-order valence-corrected chi connectivity index (χ3v) is 3.71. The molecule has 1 heterocycles. The lowest BCUT2D eigenvalue weighted by atomic mass is 10.2. The van der Waals surface area contributed by atoms with Crippen molar-refractivity contribution >= 4 is 39.1 Å². The number of carbonyl (C=O) groups excluding carboxylic acids is 1. The Morgan fingerprint density at radius 1 is 1.37 bits per heavy atom. The number of methoxy groups -OCH3 is 1. The zero-order chi connectivity index (χ0) is 13.8. The molecule has 0 unspecified atom stereocenters. The Labute approximate surface area is 123 Å². The average molecular weight is 342 g/mol. The fourth-order valence-corrected chi connectivity index (χ4v) is 2.10. The lowest BCUT2D eigenvalue weighted by Crippen LogP contribution is -2.13. The average Bonchev–Trinajstić information content (AvgIpc) is 2.42. The van der Waals surface area contributed by atoms with Gasteiger partial charge in [-0.1, -0.05) is 17.7 Å². The van der Waals surface area contributed by atoms with Gasteiger partial charge in [-0.05, 0) is 40.2 Å². The molecule has 0 aliphatic carbocycles. The first-order valence-corrected chi connectivity index (χ1v) is 6.55. The minimum Gasteiger partial charge on any atom is -0.480 e. The normalized spacial score (nSPS) is 10.1. The standard InChI is InChI=1S/C13H10BrClN2O2/c1-19-13-10(6-3-7-16-13)17-12(18)8-4-2-5-9(14)11(8)15/h2-7H,1H3,(H,17,18). The van der Waals surface area contributed by atoms with Crippen molar-refractivity contribution in [2.45, 2.75) is 0 Å². The van der Waals surface area contributed by atoms with Gasteiger partial charge in [0, 0.05) is 10.7 Å². The molecule has 1 aromatic carbocycles. The molecule has 2 aromatic rings. The quantitative estimate of drug-likeness (QED) is 0.925. The molecule has 0 fully saturated rings. The van der Waals surface area contributed by atoms with Crippen molar-refractivity contribution in [2.24, 2.45) is 0 Å². The summed E-state index contributed by atoms with van der Waals surface area (Å²) < 4.78 is 5.73. The summed E-state index contributed by atoms with van der Waals surface area (Å²) in [6.07, 6.45) is 1.58. The number of aromatic nitrogens is 1. The van der Waals surface area contributed by atoms with E-state index in [1.165, 1.54) is 7.11 Å². The molecular formula is C13H10BrClN2O2. The van der Waals surface area contributed by atoms with Crippen LogP contribution in [0.5, 0.6) is 5.88 Å². The minimum absolute atomic E-state index is 0.322. The van der Waals surface area contributed by atoms with Crippen LogP contribution in [0.4, 0.5) is 5.69 Å². The molecule has 0 radical (unpaired) electrons. The van der Waals surface area contributed by atoms with Gasteiger partial charge in [0.1, 0.15) is 5.69 Å². The summed E-state index contributed by atoms with van der Waals surface area (Å²) >= 11 is 9.35. The Morgan fingerprint density at radius 3 is 2.89 bits per heavy atom. The predicted molar refractivity (Wildman–Crippen MR) is 77.9 cm³/mol. The highest BCUT2D eigenvalue weighted by Crippen LogP contribution is 2.27. The van der Waals surface area contributed by atoms with Crippen LogP contribution in [0.2, 0.25) is 5.02 Å². The lowest BCUT2D eigenvalue weighted by Gasteiger charge is -2.10. The first kappa shape index (κ1) is 13.8. The molecule has 1 aromatic heterocycles. The minimum atomic E-state index is -0.322. The number of benzene rings is 1. The van der Waals surface area contributed by atoms with Gasteiger partial charge in [0.25, 0.3) is 5.91 Å². The van der Waals surface area contributed by atoms with Crippen LogP contribution >= 0.6 is 27.5 Å². The number of nitrogens with zero attached hydrogens (tertiary/aromatic N) is 1. The Hall–Kier alpha value is -1.59. The summed E-state index contributed by atoms with van der Waals surface area (Å²) in [5.41, 5.74) is 0.869. The molecule has 1 N–H and O–H groups in total. The molecule has 0 saturated carbocycles. The van der Waals surface area contributed by atoms with Gasteiger partial charge in [0.2, 0.25) is 5.88 Å². The maximum Gasteiger partial charge on any atom is 0.257 e. The van der Waals surface area contributed by atoms with E-state index in [1.54, 1.807) is 36.5 Å². The SMILES string of the molecule is COc1ncccc1NC(=O)c1cccc(Br)c1Cl. The number of pyridine rings is 1. The molecule has 1 amide bonds. The van der Waals surface area contributed by atoms with Crippen LogP contribution in [0.25, 0.3) is 0 Å². The second-order valence-electron chi connectivity index (χ2n) is 3.62. The van der Waals surface area contributed by atoms with E-state index in [-0.39, 0.29) is 5.91 Å². The zero-order valence-corrected chi connectivity index (χ0v) is 12.3. The summed E-state index contributed by atoms with van der Waals surface area (Å²) in [7, 11) is 1.49. The molecule has 98 valence electrons. The molecule has 0 bridgehead atoms. The van der Waals surface area contributed by atoms with E-state index in [2.05, 4.69) is 26.2 Å². The van der Waals surface area contributed by atoms with Gasteiger partial charge in [-0.3, -0.25) is 4.79 Å². The second-order valence-corrected chi connectivity index (χ2v) is 4.85. The molecule has 0 aliphatic heterocycles. The van der Waals surface area contributed by atoms with Crippen molar-refractivity contribution in [3.8, 4) is 5.88 Å². The van der Waals surface area contributed by atoms with E-state index in [1.807, 2.05) is 0 Å². The summed E-state index contributed by atoms with van der Waals surface area (Å²) in [6.45, 7) is 0. The predicted octanol–water partition coefficient (Wildman–Crippen LogP) is 3.76. The van der Waals surface area contributed by atoms with E-state index in [4.69, 9.17) is 16.3 Å². The van der Waals surface area contributed by atoms with Crippen molar-refractivity contribution in [1.82, 2.24) is 4.98 Å². The Bertz CT molecular complexity index is 619. The van der Waals surface area contributed by atoms with Gasteiger partial charge in [0.15, 0.2) is 0 Å². The molecule has 0 atom stereocenters. The van der Waals surface area contributed by atoms with Crippen molar-refractivity contribution in [3.05, 3.63) is 51.6 Å². The molecule has 19 heavy (non-hydrogen) atoms. The highest BCUT2D eigenvalue weighted by atomic mass is 79.9. The van der Waals surface area contributed by atoms with Crippen molar-refractivity contribution in [1.29, 1.82) is 0 Å². The van der Waals surface area contributed by atoms with Crippen LogP contribution in [0, 0.1) is 0 Å². The summed E-state index contributed by atoms with van der Waals surface area (Å²) in [4.78, 5) is 16.2. The number of hydrogen-bond acceptors (Lipinski definition) is 3. The van der Waals surface area contributed by atoms with E-state index in [9.17, 15) is 4.79 Å². The zero-order valence-electron chi connectivity index (χ0n) is 9.98. The number of rotatable bonds is 3. The fraction of sp³-hybridized carbons (Fsp3) is 0.0769. The summed E-state index contributed by atoms with van der Waals surface area (Å²) in [5.74, 6) is 0.0274. The van der Waals surface area contributed by atoms with Crippen molar-refractivity contribution in [3.63, 3.8) is 0 Å².